The van der Waals surface area contributed by atoms with Gasteiger partial charge in [0.25, 0.3) is 5.91 Å². The van der Waals surface area contributed by atoms with Crippen molar-refractivity contribution in [1.29, 1.82) is 0 Å². The Bertz CT molecular complexity index is 478. The summed E-state index contributed by atoms with van der Waals surface area (Å²) >= 11 is 0. The first kappa shape index (κ1) is 16.4. The Hall–Kier alpha value is -1.93. The molecule has 2 aliphatic rings. The summed E-state index contributed by atoms with van der Waals surface area (Å²) in [5.74, 6) is -1.17. The third-order valence-corrected chi connectivity index (χ3v) is 3.63. The Morgan fingerprint density at radius 2 is 2.05 bits per heavy atom. The molecule has 2 aliphatic heterocycles. The summed E-state index contributed by atoms with van der Waals surface area (Å²) in [5.41, 5.74) is 0. The number of nitrogens with zero attached hydrogens (tertiary/aromatic N) is 2. The van der Waals surface area contributed by atoms with Crippen molar-refractivity contribution in [1.82, 2.24) is 9.96 Å². The van der Waals surface area contributed by atoms with E-state index in [-0.39, 0.29) is 25.2 Å². The van der Waals surface area contributed by atoms with E-state index in [9.17, 15) is 24.6 Å². The molecule has 2 unspecified atom stereocenters. The number of aliphatic hydroxyl groups is 2. The van der Waals surface area contributed by atoms with Crippen LogP contribution in [0.25, 0.3) is 0 Å². The molecule has 2 atom stereocenters. The number of rotatable bonds is 7. The molecule has 0 aromatic rings. The third kappa shape index (κ3) is 4.05. The normalized spacial score (nSPS) is 24.5. The zero-order valence-corrected chi connectivity index (χ0v) is 12.2. The average molecular weight is 312 g/mol. The highest BCUT2D eigenvalue weighted by Gasteiger charge is 2.32. The van der Waals surface area contributed by atoms with Crippen LogP contribution in [0.1, 0.15) is 38.5 Å². The van der Waals surface area contributed by atoms with Crippen LogP contribution in [0, 0.1) is 0 Å². The fourth-order valence-corrected chi connectivity index (χ4v) is 2.38. The maximum Gasteiger partial charge on any atom is 0.332 e. The quantitative estimate of drug-likeness (QED) is 0.623. The van der Waals surface area contributed by atoms with Crippen molar-refractivity contribution in [2.45, 2.75) is 51.0 Å². The van der Waals surface area contributed by atoms with E-state index in [1.165, 1.54) is 17.1 Å². The average Bonchev–Trinajstić information content (AvgIpc) is 2.96. The molecule has 0 saturated carbocycles. The zero-order chi connectivity index (χ0) is 16.1. The molecule has 0 bridgehead atoms. The van der Waals surface area contributed by atoms with Crippen LogP contribution in [0.4, 0.5) is 0 Å². The highest BCUT2D eigenvalue weighted by molar-refractivity contribution is 5.90. The molecule has 8 nitrogen and oxygen atoms in total. The van der Waals surface area contributed by atoms with Gasteiger partial charge in [-0.05, 0) is 18.9 Å². The number of carbonyl (C=O) groups is 3. The Labute approximate surface area is 127 Å². The van der Waals surface area contributed by atoms with Crippen molar-refractivity contribution in [2.75, 3.05) is 6.54 Å². The van der Waals surface area contributed by atoms with Crippen LogP contribution in [0.3, 0.4) is 0 Å². The van der Waals surface area contributed by atoms with E-state index >= 15 is 0 Å². The summed E-state index contributed by atoms with van der Waals surface area (Å²) in [6.45, 7) is 0.422. The Morgan fingerprint density at radius 1 is 1.27 bits per heavy atom. The van der Waals surface area contributed by atoms with Crippen molar-refractivity contribution in [3.8, 4) is 0 Å². The fourth-order valence-electron chi connectivity index (χ4n) is 2.38. The highest BCUT2D eigenvalue weighted by Crippen LogP contribution is 2.17. The maximum absolute atomic E-state index is 11.6. The highest BCUT2D eigenvalue weighted by atomic mass is 16.7. The van der Waals surface area contributed by atoms with Crippen LogP contribution < -0.4 is 0 Å². The molecule has 2 N–H and O–H groups in total. The first-order valence-electron chi connectivity index (χ1n) is 7.37. The summed E-state index contributed by atoms with van der Waals surface area (Å²) in [5, 5.41) is 19.7. The molecule has 2 rings (SSSR count). The van der Waals surface area contributed by atoms with Crippen molar-refractivity contribution < 1.29 is 29.4 Å². The molecule has 2 amide bonds. The number of hydrogen-bond acceptors (Lipinski definition) is 6. The molecule has 1 fully saturated rings. The molecule has 8 heteroatoms. The van der Waals surface area contributed by atoms with Gasteiger partial charge in [0.2, 0.25) is 5.91 Å². The largest absolute Gasteiger partial charge is 0.370 e. The van der Waals surface area contributed by atoms with E-state index in [1.807, 2.05) is 0 Å². The lowest BCUT2D eigenvalue weighted by Gasteiger charge is -2.20. The van der Waals surface area contributed by atoms with Gasteiger partial charge in [0.1, 0.15) is 6.23 Å². The summed E-state index contributed by atoms with van der Waals surface area (Å²) < 4.78 is 0. The molecule has 0 aromatic carbocycles. The molecule has 0 radical (unpaired) electrons. The van der Waals surface area contributed by atoms with Gasteiger partial charge in [-0.25, -0.2) is 4.79 Å². The van der Waals surface area contributed by atoms with E-state index in [1.54, 1.807) is 0 Å². The van der Waals surface area contributed by atoms with Gasteiger partial charge in [-0.3, -0.25) is 9.59 Å². The number of amides is 2. The summed E-state index contributed by atoms with van der Waals surface area (Å²) in [6.07, 6.45) is 3.31. The monoisotopic (exact) mass is 312 g/mol. The number of hydrogen-bond donors (Lipinski definition) is 2. The standard InChI is InChI=1S/C14H20N2O6/c17-10-5-6-11(18)15(10)9-3-1-2-4-14(21)22-16-12(19)7-8-13(16)20/h5-6,10,12,17,19H,1-4,7-9H2. The molecule has 1 saturated heterocycles. The number of carbonyl (C=O) groups excluding carboxylic acids is 3. The number of aliphatic hydroxyl groups excluding tert-OH is 2. The predicted molar refractivity (Wildman–Crippen MR) is 73.5 cm³/mol. The first-order valence-corrected chi connectivity index (χ1v) is 7.37. The summed E-state index contributed by atoms with van der Waals surface area (Å²) in [6, 6.07) is 0. The van der Waals surface area contributed by atoms with E-state index < -0.39 is 24.3 Å². The van der Waals surface area contributed by atoms with Crippen LogP contribution in [-0.2, 0) is 19.2 Å². The first-order chi connectivity index (χ1) is 10.5. The van der Waals surface area contributed by atoms with E-state index in [0.717, 1.165) is 5.06 Å². The zero-order valence-electron chi connectivity index (χ0n) is 12.2. The Balaban J connectivity index is 1.58. The number of hydroxylamine groups is 2. The van der Waals surface area contributed by atoms with Gasteiger partial charge in [-0.1, -0.05) is 6.42 Å². The van der Waals surface area contributed by atoms with Gasteiger partial charge in [-0.15, -0.1) is 5.06 Å². The van der Waals surface area contributed by atoms with Crippen LogP contribution in [0.15, 0.2) is 12.2 Å². The van der Waals surface area contributed by atoms with Crippen molar-refractivity contribution in [3.05, 3.63) is 12.2 Å². The minimum atomic E-state index is -1.05. The van der Waals surface area contributed by atoms with Crippen LogP contribution >= 0.6 is 0 Å². The van der Waals surface area contributed by atoms with Gasteiger partial charge >= 0.3 is 5.97 Å². The van der Waals surface area contributed by atoms with Gasteiger partial charge in [0, 0.05) is 31.9 Å². The van der Waals surface area contributed by atoms with Crippen molar-refractivity contribution in [3.63, 3.8) is 0 Å². The lowest BCUT2D eigenvalue weighted by molar-refractivity contribution is -0.220. The van der Waals surface area contributed by atoms with Gasteiger partial charge in [0.05, 0.1) is 0 Å². The van der Waals surface area contributed by atoms with E-state index in [4.69, 9.17) is 4.84 Å². The van der Waals surface area contributed by atoms with Crippen LogP contribution in [0.2, 0.25) is 0 Å². The van der Waals surface area contributed by atoms with Crippen molar-refractivity contribution in [2.24, 2.45) is 0 Å². The molecular weight excluding hydrogens is 292 g/mol. The summed E-state index contributed by atoms with van der Waals surface area (Å²) in [4.78, 5) is 40.4. The fraction of sp³-hybridized carbons (Fsp3) is 0.643. The molecular formula is C14H20N2O6. The van der Waals surface area contributed by atoms with Crippen molar-refractivity contribution >= 4 is 17.8 Å². The third-order valence-electron chi connectivity index (χ3n) is 3.63. The Morgan fingerprint density at radius 3 is 2.64 bits per heavy atom. The minimum absolute atomic E-state index is 0.130. The van der Waals surface area contributed by atoms with E-state index in [2.05, 4.69) is 0 Å². The van der Waals surface area contributed by atoms with Crippen LogP contribution in [0.5, 0.6) is 0 Å². The molecule has 0 spiro atoms. The second-order valence-corrected chi connectivity index (χ2v) is 5.32. The molecule has 0 aromatic heterocycles. The molecule has 122 valence electrons. The van der Waals surface area contributed by atoms with Gasteiger partial charge < -0.3 is 20.0 Å². The topological polar surface area (TPSA) is 107 Å². The second-order valence-electron chi connectivity index (χ2n) is 5.32. The minimum Gasteiger partial charge on any atom is -0.370 e. The van der Waals surface area contributed by atoms with E-state index in [0.29, 0.717) is 25.8 Å². The lowest BCUT2D eigenvalue weighted by Crippen LogP contribution is -2.35. The molecule has 2 heterocycles. The SMILES string of the molecule is O=C(CCCCCN1C(=O)C=CC1O)ON1C(=O)CCC1O. The number of unbranched alkanes of at least 4 members (excludes halogenated alkanes) is 2. The maximum atomic E-state index is 11.6. The van der Waals surface area contributed by atoms with Gasteiger partial charge in [-0.2, -0.15) is 0 Å². The smallest absolute Gasteiger partial charge is 0.332 e. The van der Waals surface area contributed by atoms with Gasteiger partial charge in [0.15, 0.2) is 6.23 Å². The molecule has 22 heavy (non-hydrogen) atoms. The Kier molecular flexibility index (Phi) is 5.51. The molecule has 0 aliphatic carbocycles. The second kappa shape index (κ2) is 7.37. The van der Waals surface area contributed by atoms with Crippen LogP contribution in [-0.4, -0.2) is 57.0 Å². The predicted octanol–water partition coefficient (Wildman–Crippen LogP) is -0.337. The lowest BCUT2D eigenvalue weighted by atomic mass is 10.2. The summed E-state index contributed by atoms with van der Waals surface area (Å²) in [7, 11) is 0.